The zero-order valence-corrected chi connectivity index (χ0v) is 14.5. The Hall–Kier alpha value is -1.32. The molecule has 0 bridgehead atoms. The van der Waals surface area contributed by atoms with E-state index in [1.165, 1.54) is 12.8 Å². The summed E-state index contributed by atoms with van der Waals surface area (Å²) in [6.45, 7) is 7.80. The van der Waals surface area contributed by atoms with E-state index in [2.05, 4.69) is 5.32 Å². The average Bonchev–Trinajstić information content (AvgIpc) is 2.88. The summed E-state index contributed by atoms with van der Waals surface area (Å²) in [5.41, 5.74) is 5.30. The molecular weight excluding hydrogens is 288 g/mol. The third kappa shape index (κ3) is 7.67. The molecule has 4 nitrogen and oxygen atoms in total. The molecule has 2 amide bonds. The predicted molar refractivity (Wildman–Crippen MR) is 96.8 cm³/mol. The van der Waals surface area contributed by atoms with Crippen LogP contribution in [0.1, 0.15) is 73.6 Å². The van der Waals surface area contributed by atoms with Gasteiger partial charge in [-0.25, -0.2) is 0 Å². The quantitative estimate of drug-likeness (QED) is 0.699. The number of nitrogens with one attached hydrogen (secondary N) is 1. The SMILES string of the molecule is C.C/C=C/C[C@H](C(N)=O)[C@@H](CC1CCCC1)C(=O)NC(C)(C)C. The van der Waals surface area contributed by atoms with Crippen molar-refractivity contribution in [3.05, 3.63) is 12.2 Å². The lowest BCUT2D eigenvalue weighted by Crippen LogP contribution is -2.48. The Bertz CT molecular complexity index is 404. The van der Waals surface area contributed by atoms with E-state index >= 15 is 0 Å². The largest absolute Gasteiger partial charge is 0.369 e. The lowest BCUT2D eigenvalue weighted by atomic mass is 9.80. The van der Waals surface area contributed by atoms with Gasteiger partial charge < -0.3 is 11.1 Å². The zero-order chi connectivity index (χ0) is 16.8. The van der Waals surface area contributed by atoms with Gasteiger partial charge in [-0.15, -0.1) is 0 Å². The monoisotopic (exact) mass is 324 g/mol. The molecule has 4 heteroatoms. The Morgan fingerprint density at radius 3 is 2.22 bits per heavy atom. The molecule has 0 saturated heterocycles. The lowest BCUT2D eigenvalue weighted by molar-refractivity contribution is -0.135. The van der Waals surface area contributed by atoms with Crippen LogP contribution >= 0.6 is 0 Å². The number of hydrogen-bond donors (Lipinski definition) is 2. The second-order valence-electron chi connectivity index (χ2n) is 7.55. The Morgan fingerprint density at radius 2 is 1.78 bits per heavy atom. The fraction of sp³-hybridized carbons (Fsp3) is 0.789. The van der Waals surface area contributed by atoms with Gasteiger partial charge >= 0.3 is 0 Å². The van der Waals surface area contributed by atoms with Gasteiger partial charge in [-0.05, 0) is 46.5 Å². The molecule has 0 aromatic carbocycles. The summed E-state index contributed by atoms with van der Waals surface area (Å²) < 4.78 is 0. The third-order valence-electron chi connectivity index (χ3n) is 4.37. The van der Waals surface area contributed by atoms with E-state index in [-0.39, 0.29) is 30.7 Å². The number of amides is 2. The standard InChI is InChI=1S/C18H32N2O2.CH4/c1-5-6-11-14(16(19)21)15(12-13-9-7-8-10-13)17(22)20-18(2,3)4;/h5-6,13-15H,7-12H2,1-4H3,(H2,19,21)(H,20,22);1H4/b6-5+;/t14-,15+;/m0./s1. The molecule has 3 N–H and O–H groups in total. The van der Waals surface area contributed by atoms with Crippen molar-refractivity contribution >= 4 is 11.8 Å². The second-order valence-corrected chi connectivity index (χ2v) is 7.55. The molecule has 0 aromatic rings. The van der Waals surface area contributed by atoms with Gasteiger partial charge in [-0.2, -0.15) is 0 Å². The minimum atomic E-state index is -0.417. The van der Waals surface area contributed by atoms with Crippen LogP contribution in [0.25, 0.3) is 0 Å². The molecule has 1 aliphatic rings. The second kappa shape index (κ2) is 9.74. The summed E-state index contributed by atoms with van der Waals surface area (Å²) in [5.74, 6) is -0.601. The Balaban J connectivity index is 0.00000484. The van der Waals surface area contributed by atoms with E-state index in [1.807, 2.05) is 39.8 Å². The first-order valence-corrected chi connectivity index (χ1v) is 8.47. The highest BCUT2D eigenvalue weighted by Crippen LogP contribution is 2.34. The zero-order valence-electron chi connectivity index (χ0n) is 14.5. The lowest BCUT2D eigenvalue weighted by Gasteiger charge is -2.30. The maximum Gasteiger partial charge on any atom is 0.224 e. The molecule has 1 aliphatic carbocycles. The molecule has 0 spiro atoms. The summed E-state index contributed by atoms with van der Waals surface area (Å²) >= 11 is 0. The van der Waals surface area contributed by atoms with Crippen LogP contribution in [0.5, 0.6) is 0 Å². The van der Waals surface area contributed by atoms with Crippen LogP contribution in [0, 0.1) is 17.8 Å². The van der Waals surface area contributed by atoms with Gasteiger partial charge in [0, 0.05) is 5.54 Å². The van der Waals surface area contributed by atoms with Crippen molar-refractivity contribution in [3.63, 3.8) is 0 Å². The normalized spacial score (nSPS) is 18.4. The molecule has 0 radical (unpaired) electrons. The van der Waals surface area contributed by atoms with Gasteiger partial charge in [0.2, 0.25) is 11.8 Å². The molecule has 0 unspecified atom stereocenters. The van der Waals surface area contributed by atoms with E-state index < -0.39 is 5.92 Å². The van der Waals surface area contributed by atoms with Crippen molar-refractivity contribution in [1.82, 2.24) is 5.32 Å². The van der Waals surface area contributed by atoms with Gasteiger partial charge in [0.05, 0.1) is 11.8 Å². The Labute approximate surface area is 142 Å². The topological polar surface area (TPSA) is 72.2 Å². The summed E-state index contributed by atoms with van der Waals surface area (Å²) in [5, 5.41) is 3.03. The fourth-order valence-corrected chi connectivity index (χ4v) is 3.28. The van der Waals surface area contributed by atoms with Crippen LogP contribution in [-0.4, -0.2) is 17.4 Å². The molecular formula is C19H36N2O2. The minimum Gasteiger partial charge on any atom is -0.369 e. The molecule has 1 fully saturated rings. The molecule has 134 valence electrons. The van der Waals surface area contributed by atoms with Gasteiger partial charge in [0.1, 0.15) is 0 Å². The maximum atomic E-state index is 12.7. The summed E-state index contributed by atoms with van der Waals surface area (Å²) in [7, 11) is 0. The average molecular weight is 325 g/mol. The molecule has 1 rings (SSSR count). The molecule has 0 aliphatic heterocycles. The number of primary amides is 1. The van der Waals surface area contributed by atoms with Crippen LogP contribution in [0.4, 0.5) is 0 Å². The smallest absolute Gasteiger partial charge is 0.224 e. The van der Waals surface area contributed by atoms with Crippen LogP contribution in [0.15, 0.2) is 12.2 Å². The minimum absolute atomic E-state index is 0. The number of allylic oxidation sites excluding steroid dienone is 2. The highest BCUT2D eigenvalue weighted by molar-refractivity contribution is 5.87. The van der Waals surface area contributed by atoms with E-state index in [0.717, 1.165) is 19.3 Å². The first-order chi connectivity index (χ1) is 10.2. The van der Waals surface area contributed by atoms with Gasteiger partial charge in [0.15, 0.2) is 0 Å². The van der Waals surface area contributed by atoms with Crippen molar-refractivity contribution in [2.24, 2.45) is 23.5 Å². The van der Waals surface area contributed by atoms with Gasteiger partial charge in [-0.1, -0.05) is 45.3 Å². The molecule has 0 heterocycles. The van der Waals surface area contributed by atoms with Gasteiger partial charge in [-0.3, -0.25) is 9.59 Å². The van der Waals surface area contributed by atoms with E-state index in [1.54, 1.807) is 0 Å². The summed E-state index contributed by atoms with van der Waals surface area (Å²) in [6.07, 6.45) is 9.94. The van der Waals surface area contributed by atoms with Crippen molar-refractivity contribution < 1.29 is 9.59 Å². The van der Waals surface area contributed by atoms with Crippen LogP contribution in [-0.2, 0) is 9.59 Å². The van der Waals surface area contributed by atoms with E-state index in [9.17, 15) is 9.59 Å². The first-order valence-electron chi connectivity index (χ1n) is 8.47. The van der Waals surface area contributed by atoms with Crippen molar-refractivity contribution in [3.8, 4) is 0 Å². The highest BCUT2D eigenvalue weighted by Gasteiger charge is 2.35. The first kappa shape index (κ1) is 21.7. The maximum absolute atomic E-state index is 12.7. The summed E-state index contributed by atoms with van der Waals surface area (Å²) in [4.78, 5) is 24.6. The number of nitrogens with two attached hydrogens (primary N) is 1. The van der Waals surface area contributed by atoms with E-state index in [4.69, 9.17) is 5.73 Å². The fourth-order valence-electron chi connectivity index (χ4n) is 3.28. The predicted octanol–water partition coefficient (Wildman–Crippen LogP) is 3.80. The van der Waals surface area contributed by atoms with Crippen molar-refractivity contribution in [2.45, 2.75) is 79.2 Å². The molecule has 23 heavy (non-hydrogen) atoms. The van der Waals surface area contributed by atoms with Crippen molar-refractivity contribution in [2.75, 3.05) is 0 Å². The van der Waals surface area contributed by atoms with E-state index in [0.29, 0.717) is 12.3 Å². The Morgan fingerprint density at radius 1 is 1.22 bits per heavy atom. The van der Waals surface area contributed by atoms with Crippen LogP contribution in [0.3, 0.4) is 0 Å². The highest BCUT2D eigenvalue weighted by atomic mass is 16.2. The van der Waals surface area contributed by atoms with Crippen molar-refractivity contribution in [1.29, 1.82) is 0 Å². The number of carbonyl (C=O) groups is 2. The number of carbonyl (C=O) groups excluding carboxylic acids is 2. The molecule has 0 aromatic heterocycles. The van der Waals surface area contributed by atoms with Crippen LogP contribution < -0.4 is 11.1 Å². The number of hydrogen-bond acceptors (Lipinski definition) is 2. The molecule has 1 saturated carbocycles. The Kier molecular flexibility index (Phi) is 9.18. The van der Waals surface area contributed by atoms with Crippen LogP contribution in [0.2, 0.25) is 0 Å². The third-order valence-corrected chi connectivity index (χ3v) is 4.37. The van der Waals surface area contributed by atoms with Gasteiger partial charge in [0.25, 0.3) is 0 Å². The summed E-state index contributed by atoms with van der Waals surface area (Å²) in [6, 6.07) is 0. The molecule has 2 atom stereocenters. The number of rotatable bonds is 7.